The molecule has 1 rings (SSSR count). The van der Waals surface area contributed by atoms with Crippen molar-refractivity contribution < 1.29 is 0 Å². The van der Waals surface area contributed by atoms with Gasteiger partial charge in [0.2, 0.25) is 0 Å². The molecule has 0 heterocycles. The van der Waals surface area contributed by atoms with Crippen molar-refractivity contribution >= 4 is 15.9 Å². The molecule has 1 nitrogen and oxygen atoms in total. The van der Waals surface area contributed by atoms with Gasteiger partial charge in [-0.25, -0.2) is 0 Å². The minimum atomic E-state index is 0.894. The molecule has 0 aliphatic rings. The molecule has 0 saturated carbocycles. The molecule has 0 radical (unpaired) electrons. The summed E-state index contributed by atoms with van der Waals surface area (Å²) in [6.07, 6.45) is 0. The van der Waals surface area contributed by atoms with Gasteiger partial charge in [0, 0.05) is 13.6 Å². The average molecular weight is 226 g/mol. The van der Waals surface area contributed by atoms with Gasteiger partial charge in [0.15, 0.2) is 0 Å². The number of halogens is 1. The Labute approximate surface area is 81.8 Å². The quantitative estimate of drug-likeness (QED) is 0.716. The summed E-state index contributed by atoms with van der Waals surface area (Å²) in [7, 11) is 2.00. The van der Waals surface area contributed by atoms with Crippen molar-refractivity contribution in [2.75, 3.05) is 7.05 Å². The maximum Gasteiger partial charge on any atom is 0.0733 e. The van der Waals surface area contributed by atoms with Gasteiger partial charge in [-0.1, -0.05) is 36.9 Å². The van der Waals surface area contributed by atoms with Crippen LogP contribution in [0.25, 0.3) is 0 Å². The van der Waals surface area contributed by atoms with E-state index in [9.17, 15) is 0 Å². The van der Waals surface area contributed by atoms with E-state index in [1.807, 2.05) is 25.2 Å². The molecule has 0 saturated heterocycles. The smallest absolute Gasteiger partial charge is 0.0733 e. The Morgan fingerprint density at radius 3 is 2.50 bits per heavy atom. The fourth-order valence-corrected chi connectivity index (χ4v) is 1.07. The summed E-state index contributed by atoms with van der Waals surface area (Å²) in [5.74, 6) is 0. The van der Waals surface area contributed by atoms with Crippen molar-refractivity contribution in [1.82, 2.24) is 4.90 Å². The van der Waals surface area contributed by atoms with E-state index in [2.05, 4.69) is 39.5 Å². The predicted octanol–water partition coefficient (Wildman–Crippen LogP) is 2.98. The second-order valence-corrected chi connectivity index (χ2v) is 3.63. The van der Waals surface area contributed by atoms with E-state index in [1.54, 1.807) is 0 Å². The highest BCUT2D eigenvalue weighted by Crippen LogP contribution is 2.11. The van der Waals surface area contributed by atoms with Gasteiger partial charge in [-0.3, -0.25) is 0 Å². The third-order valence-electron chi connectivity index (χ3n) is 1.68. The number of rotatable bonds is 3. The standard InChI is InChI=1S/C10H12BrN/c1-9(11)12(2)8-10-6-4-3-5-7-10/h3-7H,1,8H2,2H3. The van der Waals surface area contributed by atoms with Crippen molar-refractivity contribution in [2.45, 2.75) is 6.54 Å². The molecular weight excluding hydrogens is 214 g/mol. The first kappa shape index (κ1) is 9.33. The van der Waals surface area contributed by atoms with E-state index in [0.717, 1.165) is 11.2 Å². The molecule has 0 fully saturated rings. The first-order chi connectivity index (χ1) is 5.70. The summed E-state index contributed by atoms with van der Waals surface area (Å²) in [5, 5.41) is 0. The van der Waals surface area contributed by atoms with E-state index < -0.39 is 0 Å². The van der Waals surface area contributed by atoms with Crippen LogP contribution in [0.15, 0.2) is 41.5 Å². The van der Waals surface area contributed by atoms with Crippen LogP contribution in [-0.4, -0.2) is 11.9 Å². The Balaban J connectivity index is 2.58. The normalized spacial score (nSPS) is 9.50. The molecule has 0 N–H and O–H groups in total. The monoisotopic (exact) mass is 225 g/mol. The van der Waals surface area contributed by atoms with Gasteiger partial charge < -0.3 is 4.90 Å². The summed E-state index contributed by atoms with van der Waals surface area (Å²) in [6, 6.07) is 10.3. The summed E-state index contributed by atoms with van der Waals surface area (Å²) in [5.41, 5.74) is 1.29. The molecule has 12 heavy (non-hydrogen) atoms. The molecule has 0 aliphatic carbocycles. The maximum absolute atomic E-state index is 3.79. The molecule has 64 valence electrons. The zero-order chi connectivity index (χ0) is 8.97. The van der Waals surface area contributed by atoms with E-state index in [0.29, 0.717) is 0 Å². The Hall–Kier alpha value is -0.760. The van der Waals surface area contributed by atoms with Crippen LogP contribution in [0.1, 0.15) is 5.56 Å². The van der Waals surface area contributed by atoms with Crippen molar-refractivity contribution in [2.24, 2.45) is 0 Å². The Morgan fingerprint density at radius 2 is 2.00 bits per heavy atom. The lowest BCUT2D eigenvalue weighted by molar-refractivity contribution is 0.444. The van der Waals surface area contributed by atoms with Gasteiger partial charge in [-0.2, -0.15) is 0 Å². The Bertz CT molecular complexity index is 256. The predicted molar refractivity (Wildman–Crippen MR) is 56.0 cm³/mol. The van der Waals surface area contributed by atoms with E-state index in [-0.39, 0.29) is 0 Å². The third kappa shape index (κ3) is 2.70. The summed E-state index contributed by atoms with van der Waals surface area (Å²) in [6.45, 7) is 4.69. The Morgan fingerprint density at radius 1 is 1.42 bits per heavy atom. The van der Waals surface area contributed by atoms with Crippen LogP contribution in [0.5, 0.6) is 0 Å². The molecule has 2 heteroatoms. The molecule has 0 amide bonds. The second kappa shape index (κ2) is 4.31. The third-order valence-corrected chi connectivity index (χ3v) is 2.28. The molecule has 0 bridgehead atoms. The zero-order valence-electron chi connectivity index (χ0n) is 7.13. The van der Waals surface area contributed by atoms with Gasteiger partial charge in [0.25, 0.3) is 0 Å². The van der Waals surface area contributed by atoms with Gasteiger partial charge in [0.1, 0.15) is 0 Å². The summed E-state index contributed by atoms with van der Waals surface area (Å²) in [4.78, 5) is 2.05. The van der Waals surface area contributed by atoms with Crippen molar-refractivity contribution in [1.29, 1.82) is 0 Å². The van der Waals surface area contributed by atoms with Crippen LogP contribution in [0.3, 0.4) is 0 Å². The lowest BCUT2D eigenvalue weighted by Crippen LogP contribution is -2.12. The Kier molecular flexibility index (Phi) is 3.35. The lowest BCUT2D eigenvalue weighted by atomic mass is 10.2. The van der Waals surface area contributed by atoms with Crippen LogP contribution < -0.4 is 0 Å². The van der Waals surface area contributed by atoms with Gasteiger partial charge in [-0.15, -0.1) is 0 Å². The second-order valence-electron chi connectivity index (χ2n) is 2.72. The molecule has 1 aromatic carbocycles. The van der Waals surface area contributed by atoms with E-state index in [4.69, 9.17) is 0 Å². The minimum Gasteiger partial charge on any atom is -0.365 e. The number of hydrogen-bond acceptors (Lipinski definition) is 1. The lowest BCUT2D eigenvalue weighted by Gasteiger charge is -2.16. The van der Waals surface area contributed by atoms with Crippen LogP contribution >= 0.6 is 15.9 Å². The summed E-state index contributed by atoms with van der Waals surface area (Å²) < 4.78 is 0.909. The molecule has 0 aromatic heterocycles. The van der Waals surface area contributed by atoms with Crippen molar-refractivity contribution in [3.8, 4) is 0 Å². The fraction of sp³-hybridized carbons (Fsp3) is 0.200. The SMILES string of the molecule is C=C(Br)N(C)Cc1ccccc1. The molecular formula is C10H12BrN. The van der Waals surface area contributed by atoms with E-state index >= 15 is 0 Å². The first-order valence-corrected chi connectivity index (χ1v) is 4.59. The molecule has 0 spiro atoms. The summed E-state index contributed by atoms with van der Waals surface area (Å²) >= 11 is 3.33. The maximum atomic E-state index is 3.79. The van der Waals surface area contributed by atoms with E-state index in [1.165, 1.54) is 5.56 Å². The molecule has 0 aliphatic heterocycles. The zero-order valence-corrected chi connectivity index (χ0v) is 8.71. The highest BCUT2D eigenvalue weighted by Gasteiger charge is 1.98. The fourth-order valence-electron chi connectivity index (χ4n) is 0.943. The first-order valence-electron chi connectivity index (χ1n) is 3.79. The average Bonchev–Trinajstić information content (AvgIpc) is 2.06. The highest BCUT2D eigenvalue weighted by molar-refractivity contribution is 9.11. The number of hydrogen-bond donors (Lipinski definition) is 0. The van der Waals surface area contributed by atoms with Crippen LogP contribution in [-0.2, 0) is 6.54 Å². The minimum absolute atomic E-state index is 0.894. The van der Waals surface area contributed by atoms with Crippen LogP contribution in [0.4, 0.5) is 0 Å². The van der Waals surface area contributed by atoms with Gasteiger partial charge >= 0.3 is 0 Å². The van der Waals surface area contributed by atoms with Gasteiger partial charge in [0.05, 0.1) is 4.61 Å². The van der Waals surface area contributed by atoms with Gasteiger partial charge in [-0.05, 0) is 21.5 Å². The highest BCUT2D eigenvalue weighted by atomic mass is 79.9. The topological polar surface area (TPSA) is 3.24 Å². The number of benzene rings is 1. The number of nitrogens with zero attached hydrogens (tertiary/aromatic N) is 1. The molecule has 0 unspecified atom stereocenters. The molecule has 0 atom stereocenters. The molecule has 1 aromatic rings. The van der Waals surface area contributed by atoms with Crippen molar-refractivity contribution in [3.63, 3.8) is 0 Å². The van der Waals surface area contributed by atoms with Crippen molar-refractivity contribution in [3.05, 3.63) is 47.1 Å². The van der Waals surface area contributed by atoms with Crippen LogP contribution in [0.2, 0.25) is 0 Å². The largest absolute Gasteiger partial charge is 0.365 e. The van der Waals surface area contributed by atoms with Crippen LogP contribution in [0, 0.1) is 0 Å².